The quantitative estimate of drug-likeness (QED) is 0.0425. The molecule has 0 bridgehead atoms. The molecule has 0 spiro atoms. The average molecular weight is 793 g/mol. The third-order valence-corrected chi connectivity index (χ3v) is 19.4. The summed E-state index contributed by atoms with van der Waals surface area (Å²) in [6.07, 6.45) is 75.5. The van der Waals surface area contributed by atoms with E-state index in [9.17, 15) is 0 Å². The van der Waals surface area contributed by atoms with Gasteiger partial charge in [-0.1, -0.05) is 40.0 Å². The smallest absolute Gasteiger partial charge is 0.0654 e. The van der Waals surface area contributed by atoms with E-state index in [1.54, 1.807) is 76.0 Å². The minimum Gasteiger partial charge on any atom is -0.0654 e. The molecule has 0 radical (unpaired) electrons. The van der Waals surface area contributed by atoms with Gasteiger partial charge in [0, 0.05) is 0 Å². The third-order valence-electron chi connectivity index (χ3n) is 13.7. The van der Waals surface area contributed by atoms with Crippen LogP contribution in [0.25, 0.3) is 0 Å². The van der Waals surface area contributed by atoms with E-state index in [0.29, 0.717) is 0 Å². The first-order chi connectivity index (χ1) is 27.2. The second-order valence-electron chi connectivity index (χ2n) is 19.3. The van der Waals surface area contributed by atoms with Crippen LogP contribution in [-0.4, -0.2) is 24.6 Å². The van der Waals surface area contributed by atoms with E-state index in [1.165, 1.54) is 244 Å². The van der Waals surface area contributed by atoms with Crippen molar-refractivity contribution in [2.75, 3.05) is 24.6 Å². The molecule has 0 heterocycles. The van der Waals surface area contributed by atoms with Crippen molar-refractivity contribution >= 4 is 7.26 Å². The molecule has 0 aromatic heterocycles. The zero-order valence-corrected chi connectivity index (χ0v) is 40.9. The maximum absolute atomic E-state index is 2.34. The molecule has 0 unspecified atom stereocenters. The Hall–Kier alpha value is 0.430. The van der Waals surface area contributed by atoms with Gasteiger partial charge in [0.15, 0.2) is 0 Å². The molecule has 55 heavy (non-hydrogen) atoms. The standard InChI is InChI=1S/C54H113P/c1-5-9-13-17-21-25-29-32-36-40-44-48-52-55(51-47-43-39-35-28-24-20-16-12-8-4,53-49-45-41-37-33-30-26-22-18-14-10-6-2)54-50-46-42-38-34-31-27-23-19-15-11-7-3/h55H,5-54H2,1-4H3. The summed E-state index contributed by atoms with van der Waals surface area (Å²) < 4.78 is 0. The van der Waals surface area contributed by atoms with E-state index < -0.39 is 7.26 Å². The van der Waals surface area contributed by atoms with E-state index in [1.807, 2.05) is 0 Å². The second-order valence-corrected chi connectivity index (χ2v) is 24.3. The Balaban J connectivity index is 4.89. The number of hydrogen-bond acceptors (Lipinski definition) is 0. The Morgan fingerprint density at radius 3 is 0.382 bits per heavy atom. The van der Waals surface area contributed by atoms with Crippen LogP contribution in [0.15, 0.2) is 0 Å². The zero-order chi connectivity index (χ0) is 39.9. The Bertz CT molecular complexity index is 586. The summed E-state index contributed by atoms with van der Waals surface area (Å²) in [5, 5.41) is 0. The zero-order valence-electron chi connectivity index (χ0n) is 39.9. The Morgan fingerprint density at radius 2 is 0.255 bits per heavy atom. The summed E-state index contributed by atoms with van der Waals surface area (Å²) in [6.45, 7) is 9.35. The normalized spacial score (nSPS) is 12.3. The first-order valence-electron chi connectivity index (χ1n) is 27.2. The van der Waals surface area contributed by atoms with Crippen molar-refractivity contribution < 1.29 is 0 Å². The predicted molar refractivity (Wildman–Crippen MR) is 263 cm³/mol. The van der Waals surface area contributed by atoms with Gasteiger partial charge in [0.05, 0.1) is 0 Å². The Kier molecular flexibility index (Phi) is 49.2. The predicted octanol–water partition coefficient (Wildman–Crippen LogP) is 20.8. The van der Waals surface area contributed by atoms with Crippen LogP contribution >= 0.6 is 7.26 Å². The summed E-state index contributed by atoms with van der Waals surface area (Å²) in [5.41, 5.74) is 0. The van der Waals surface area contributed by atoms with E-state index in [4.69, 9.17) is 0 Å². The summed E-state index contributed by atoms with van der Waals surface area (Å²) in [5.74, 6) is 0. The Morgan fingerprint density at radius 1 is 0.145 bits per heavy atom. The molecule has 0 aromatic rings. The second kappa shape index (κ2) is 48.8. The van der Waals surface area contributed by atoms with Crippen molar-refractivity contribution in [2.24, 2.45) is 0 Å². The van der Waals surface area contributed by atoms with Gasteiger partial charge in [0.1, 0.15) is 0 Å². The molecule has 0 aliphatic rings. The van der Waals surface area contributed by atoms with Crippen LogP contribution in [0.5, 0.6) is 0 Å². The molecule has 0 atom stereocenters. The molecular formula is C54H113P. The van der Waals surface area contributed by atoms with Crippen LogP contribution in [0, 0.1) is 0 Å². The number of unbranched alkanes of at least 4 members (excludes halogenated alkanes) is 42. The van der Waals surface area contributed by atoms with Crippen molar-refractivity contribution in [3.8, 4) is 0 Å². The van der Waals surface area contributed by atoms with Crippen molar-refractivity contribution in [1.82, 2.24) is 0 Å². The molecular weight excluding hydrogens is 680 g/mol. The van der Waals surface area contributed by atoms with Crippen molar-refractivity contribution in [3.05, 3.63) is 0 Å². The fraction of sp³-hybridized carbons (Fsp3) is 1.00. The average Bonchev–Trinajstić information content (AvgIpc) is 3.19. The third kappa shape index (κ3) is 43.8. The molecule has 0 aliphatic carbocycles. The topological polar surface area (TPSA) is 0 Å². The first kappa shape index (κ1) is 55.4. The van der Waals surface area contributed by atoms with Crippen molar-refractivity contribution in [3.63, 3.8) is 0 Å². The van der Waals surface area contributed by atoms with Gasteiger partial charge in [0.2, 0.25) is 0 Å². The van der Waals surface area contributed by atoms with E-state index in [-0.39, 0.29) is 0 Å². The minimum atomic E-state index is -1.18. The summed E-state index contributed by atoms with van der Waals surface area (Å²) in [4.78, 5) is 0. The van der Waals surface area contributed by atoms with Gasteiger partial charge >= 0.3 is 315 Å². The molecule has 0 aromatic carbocycles. The monoisotopic (exact) mass is 793 g/mol. The first-order valence-corrected chi connectivity index (χ1v) is 30.1. The number of hydrogen-bond donors (Lipinski definition) is 0. The molecule has 0 saturated carbocycles. The molecule has 0 nitrogen and oxygen atoms in total. The summed E-state index contributed by atoms with van der Waals surface area (Å²) in [7, 11) is -1.18. The fourth-order valence-electron chi connectivity index (χ4n) is 9.76. The molecule has 0 amide bonds. The van der Waals surface area contributed by atoms with Gasteiger partial charge in [-0.25, -0.2) is 0 Å². The molecule has 0 fully saturated rings. The van der Waals surface area contributed by atoms with Gasteiger partial charge in [-0.05, 0) is 0 Å². The van der Waals surface area contributed by atoms with Crippen molar-refractivity contribution in [1.29, 1.82) is 0 Å². The van der Waals surface area contributed by atoms with Crippen LogP contribution in [0.3, 0.4) is 0 Å². The van der Waals surface area contributed by atoms with Gasteiger partial charge in [-0.15, -0.1) is 0 Å². The van der Waals surface area contributed by atoms with E-state index in [2.05, 4.69) is 27.7 Å². The van der Waals surface area contributed by atoms with Crippen LogP contribution < -0.4 is 0 Å². The van der Waals surface area contributed by atoms with Gasteiger partial charge in [-0.3, -0.25) is 0 Å². The van der Waals surface area contributed by atoms with Crippen LogP contribution in [-0.2, 0) is 0 Å². The number of rotatable bonds is 50. The Labute approximate surface area is 353 Å². The molecule has 334 valence electrons. The minimum absolute atomic E-state index is 1.18. The van der Waals surface area contributed by atoms with Crippen molar-refractivity contribution in [2.45, 2.75) is 323 Å². The van der Waals surface area contributed by atoms with Crippen LogP contribution in [0.4, 0.5) is 0 Å². The molecule has 1 heteroatoms. The van der Waals surface area contributed by atoms with Crippen LogP contribution in [0.1, 0.15) is 323 Å². The van der Waals surface area contributed by atoms with Gasteiger partial charge in [0.25, 0.3) is 0 Å². The molecule has 0 rings (SSSR count). The van der Waals surface area contributed by atoms with E-state index in [0.717, 1.165) is 0 Å². The van der Waals surface area contributed by atoms with Gasteiger partial charge in [-0.2, -0.15) is 0 Å². The summed E-state index contributed by atoms with van der Waals surface area (Å²) >= 11 is 0. The maximum atomic E-state index is 2.34. The summed E-state index contributed by atoms with van der Waals surface area (Å²) in [6, 6.07) is 0. The molecule has 0 saturated heterocycles. The van der Waals surface area contributed by atoms with Crippen LogP contribution in [0.2, 0.25) is 0 Å². The SMILES string of the molecule is CCCCCCCCCCCCCC[PH](CCCCCCCCCCCC)(CCCCCCCCCCCCCC)CCCCCCCCCCCCCC. The molecule has 0 aliphatic heterocycles. The molecule has 0 N–H and O–H groups in total. The van der Waals surface area contributed by atoms with E-state index >= 15 is 0 Å². The fourth-order valence-corrected chi connectivity index (χ4v) is 15.3. The van der Waals surface area contributed by atoms with Gasteiger partial charge < -0.3 is 0 Å².